The molecule has 1 aromatic carbocycles. The highest BCUT2D eigenvalue weighted by Crippen LogP contribution is 2.63. The van der Waals surface area contributed by atoms with Gasteiger partial charge >= 0.3 is 0 Å². The Bertz CT molecular complexity index is 1270. The summed E-state index contributed by atoms with van der Waals surface area (Å²) in [5.41, 5.74) is 1.11. The summed E-state index contributed by atoms with van der Waals surface area (Å²) in [6.07, 6.45) is 5.09. The molecule has 0 aromatic heterocycles. The summed E-state index contributed by atoms with van der Waals surface area (Å²) in [4.78, 5) is 49.4. The van der Waals surface area contributed by atoms with Crippen LogP contribution >= 0.6 is 39.1 Å². The number of alkyl halides is 3. The zero-order valence-electron chi connectivity index (χ0n) is 18.9. The third-order valence-electron chi connectivity index (χ3n) is 7.73. The minimum atomic E-state index is -1.89. The molecule has 2 heterocycles. The Morgan fingerprint density at radius 3 is 2.56 bits per heavy atom. The van der Waals surface area contributed by atoms with E-state index < -0.39 is 57.0 Å². The van der Waals surface area contributed by atoms with Crippen LogP contribution in [0.5, 0.6) is 11.5 Å². The largest absolute Gasteiger partial charge is 0.504 e. The normalized spacial score (nSPS) is 35.8. The topological polar surface area (TPSA) is 124 Å². The van der Waals surface area contributed by atoms with Gasteiger partial charge in [-0.3, -0.25) is 29.3 Å². The van der Waals surface area contributed by atoms with Gasteiger partial charge < -0.3 is 9.84 Å². The van der Waals surface area contributed by atoms with Crippen molar-refractivity contribution >= 4 is 68.8 Å². The molecule has 2 aliphatic heterocycles. The number of hydrogen-bond acceptors (Lipinski definition) is 7. The summed E-state index contributed by atoms with van der Waals surface area (Å²) >= 11 is 17.2. The number of hydrogen-bond donors (Lipinski definition) is 2. The van der Waals surface area contributed by atoms with E-state index in [2.05, 4.69) is 15.9 Å². The average molecular weight is 600 g/mol. The van der Waals surface area contributed by atoms with Crippen molar-refractivity contribution in [3.63, 3.8) is 0 Å². The lowest BCUT2D eigenvalue weighted by Crippen LogP contribution is -2.60. The maximum absolute atomic E-state index is 13.5. The van der Waals surface area contributed by atoms with Crippen molar-refractivity contribution in [2.24, 2.45) is 23.7 Å². The summed E-state index contributed by atoms with van der Waals surface area (Å²) < 4.78 is 5.16. The van der Waals surface area contributed by atoms with E-state index in [4.69, 9.17) is 27.9 Å². The molecule has 2 N–H and O–H groups in total. The third-order valence-corrected chi connectivity index (χ3v) is 9.66. The predicted octanol–water partition coefficient (Wildman–Crippen LogP) is 3.05. The number of carbonyl (C=O) groups excluding carboxylic acids is 4. The van der Waals surface area contributed by atoms with Gasteiger partial charge in [-0.2, -0.15) is 5.06 Å². The highest BCUT2D eigenvalue weighted by atomic mass is 79.9. The molecule has 6 unspecified atom stereocenters. The van der Waals surface area contributed by atoms with E-state index >= 15 is 0 Å². The van der Waals surface area contributed by atoms with Gasteiger partial charge in [0.05, 0.1) is 24.4 Å². The maximum atomic E-state index is 13.5. The molecule has 5 rings (SSSR count). The zero-order valence-corrected chi connectivity index (χ0v) is 22.0. The molecule has 0 spiro atoms. The van der Waals surface area contributed by atoms with Gasteiger partial charge in [-0.25, -0.2) is 0 Å². The lowest BCUT2D eigenvalue weighted by molar-refractivity contribution is -0.173. The average Bonchev–Trinajstić information content (AvgIpc) is 3.17. The molecule has 4 amide bonds. The highest BCUT2D eigenvalue weighted by molar-refractivity contribution is 9.09. The van der Waals surface area contributed by atoms with Crippen LogP contribution in [0.3, 0.4) is 0 Å². The van der Waals surface area contributed by atoms with Gasteiger partial charge in [0.2, 0.25) is 0 Å². The molecule has 6 atom stereocenters. The van der Waals surface area contributed by atoms with E-state index in [9.17, 15) is 29.5 Å². The Labute approximate surface area is 224 Å². The molecule has 3 fully saturated rings. The van der Waals surface area contributed by atoms with Gasteiger partial charge in [0.15, 0.2) is 21.2 Å². The van der Waals surface area contributed by atoms with Gasteiger partial charge in [0.1, 0.15) is 0 Å². The Hall–Kier alpha value is -2.40. The summed E-state index contributed by atoms with van der Waals surface area (Å²) in [7, 11) is 1.41. The van der Waals surface area contributed by atoms with E-state index in [-0.39, 0.29) is 34.9 Å². The van der Waals surface area contributed by atoms with Gasteiger partial charge in [-0.1, -0.05) is 45.8 Å². The summed E-state index contributed by atoms with van der Waals surface area (Å²) in [5, 5.41) is 20.1. The van der Waals surface area contributed by atoms with Gasteiger partial charge in [0, 0.05) is 5.92 Å². The second kappa shape index (κ2) is 8.58. The number of nitrogens with zero attached hydrogens (tertiary/aromatic N) is 2. The first kappa shape index (κ1) is 25.3. The Morgan fingerprint density at radius 2 is 1.89 bits per heavy atom. The molecule has 12 heteroatoms. The zero-order chi connectivity index (χ0) is 26.2. The first-order valence-electron chi connectivity index (χ1n) is 11.1. The fourth-order valence-corrected chi connectivity index (χ4v) is 7.37. The van der Waals surface area contributed by atoms with Crippen LogP contribution in [-0.2, 0) is 19.2 Å². The number of methoxy groups -OCH3 is 1. The van der Waals surface area contributed by atoms with Crippen LogP contribution in [0, 0.1) is 23.7 Å². The molecule has 0 radical (unpaired) electrons. The van der Waals surface area contributed by atoms with Crippen molar-refractivity contribution in [2.45, 2.75) is 22.6 Å². The van der Waals surface area contributed by atoms with Crippen LogP contribution in [-0.4, -0.2) is 66.2 Å². The third kappa shape index (κ3) is 3.17. The highest BCUT2D eigenvalue weighted by Gasteiger charge is 2.75. The van der Waals surface area contributed by atoms with E-state index in [0.717, 1.165) is 4.90 Å². The van der Waals surface area contributed by atoms with Crippen LogP contribution in [0.4, 0.5) is 0 Å². The van der Waals surface area contributed by atoms with Gasteiger partial charge in [-0.05, 0) is 36.5 Å². The summed E-state index contributed by atoms with van der Waals surface area (Å²) in [6.45, 7) is 0. The SMILES string of the molecule is COc1cc(C=CC2C3=CCC4C(=O)N(O)C(=O)C4C3CC3(Cl)C(=O)N(CBr)C(=O)C23Cl)ccc1O. The van der Waals surface area contributed by atoms with Gasteiger partial charge in [0.25, 0.3) is 23.6 Å². The van der Waals surface area contributed by atoms with Crippen LogP contribution in [0.1, 0.15) is 18.4 Å². The first-order valence-corrected chi connectivity index (χ1v) is 13.0. The summed E-state index contributed by atoms with van der Waals surface area (Å²) in [6, 6.07) is 4.66. The number of imide groups is 2. The quantitative estimate of drug-likeness (QED) is 0.179. The molecular weight excluding hydrogens is 579 g/mol. The molecule has 36 heavy (non-hydrogen) atoms. The number of rotatable bonds is 4. The van der Waals surface area contributed by atoms with Crippen molar-refractivity contribution in [1.29, 1.82) is 0 Å². The van der Waals surface area contributed by atoms with E-state index in [1.54, 1.807) is 30.4 Å². The van der Waals surface area contributed by atoms with Crippen molar-refractivity contribution in [3.8, 4) is 11.5 Å². The smallest absolute Gasteiger partial charge is 0.257 e. The summed E-state index contributed by atoms with van der Waals surface area (Å²) in [5.74, 6) is -5.96. The standard InChI is InChI=1S/C24H21BrCl2N2O7/c1-36-17-8-11(3-7-16(17)30)2-6-15-12-4-5-13-18(20(32)29(35)19(13)31)14(12)9-23(26)21(33)28(10-25)22(34)24(15,23)27/h2-4,6-8,13-15,18,30,35H,5,9-10H2,1H3. The molecular formula is C24H21BrCl2N2O7. The maximum Gasteiger partial charge on any atom is 0.257 e. The number of carbonyl (C=O) groups is 4. The second-order valence-corrected chi connectivity index (χ2v) is 11.1. The number of hydroxylamine groups is 2. The number of benzene rings is 1. The van der Waals surface area contributed by atoms with Crippen molar-refractivity contribution < 1.29 is 34.2 Å². The van der Waals surface area contributed by atoms with Crippen LogP contribution in [0.25, 0.3) is 6.08 Å². The van der Waals surface area contributed by atoms with Crippen LogP contribution in [0.2, 0.25) is 0 Å². The van der Waals surface area contributed by atoms with Crippen LogP contribution in [0.15, 0.2) is 35.9 Å². The lowest BCUT2D eigenvalue weighted by atomic mass is 9.57. The molecule has 190 valence electrons. The van der Waals surface area contributed by atoms with E-state index in [1.165, 1.54) is 13.2 Å². The first-order chi connectivity index (χ1) is 17.0. The Kier molecular flexibility index (Phi) is 6.02. The van der Waals surface area contributed by atoms with Crippen LogP contribution < -0.4 is 4.74 Å². The molecule has 2 aliphatic carbocycles. The minimum Gasteiger partial charge on any atom is -0.504 e. The minimum absolute atomic E-state index is 0.0514. The molecule has 0 bridgehead atoms. The van der Waals surface area contributed by atoms with Crippen molar-refractivity contribution in [1.82, 2.24) is 9.96 Å². The van der Waals surface area contributed by atoms with E-state index in [1.807, 2.05) is 0 Å². The number of ether oxygens (including phenoxy) is 1. The number of aromatic hydroxyl groups is 1. The van der Waals surface area contributed by atoms with Crippen molar-refractivity contribution in [3.05, 3.63) is 41.5 Å². The second-order valence-electron chi connectivity index (χ2n) is 9.31. The van der Waals surface area contributed by atoms with Gasteiger partial charge in [-0.15, -0.1) is 23.2 Å². The number of phenolic OH excluding ortho intramolecular Hbond substituents is 1. The molecule has 1 aromatic rings. The number of likely N-dealkylation sites (tertiary alicyclic amines) is 1. The fourth-order valence-electron chi connectivity index (χ4n) is 5.99. The molecule has 9 nitrogen and oxygen atoms in total. The number of amides is 4. The molecule has 2 saturated heterocycles. The Balaban J connectivity index is 1.66. The predicted molar refractivity (Wildman–Crippen MR) is 131 cm³/mol. The molecule has 1 saturated carbocycles. The monoisotopic (exact) mass is 598 g/mol. The van der Waals surface area contributed by atoms with E-state index in [0.29, 0.717) is 11.1 Å². The number of allylic oxidation sites excluding steroid dienone is 3. The fraction of sp³-hybridized carbons (Fsp3) is 0.417. The number of phenols is 1. The number of fused-ring (bicyclic) bond motifs is 4. The number of halogens is 3. The lowest BCUT2D eigenvalue weighted by Gasteiger charge is -2.49. The van der Waals surface area contributed by atoms with Crippen molar-refractivity contribution in [2.75, 3.05) is 12.6 Å². The molecule has 4 aliphatic rings. The Morgan fingerprint density at radius 1 is 1.17 bits per heavy atom.